The Morgan fingerprint density at radius 3 is 2.44 bits per heavy atom. The maximum absolute atomic E-state index is 12.0. The lowest BCUT2D eigenvalue weighted by molar-refractivity contribution is 0.0636. The summed E-state index contributed by atoms with van der Waals surface area (Å²) in [7, 11) is -3.28. The van der Waals surface area contributed by atoms with Gasteiger partial charge in [-0.3, -0.25) is 5.32 Å². The number of oxazole rings is 1. The molecule has 0 saturated carbocycles. The minimum Gasteiger partial charge on any atom is -0.444 e. The highest BCUT2D eigenvalue weighted by Gasteiger charge is 2.17. The summed E-state index contributed by atoms with van der Waals surface area (Å²) in [4.78, 5) is 16.4. The maximum atomic E-state index is 12.0. The van der Waals surface area contributed by atoms with E-state index in [4.69, 9.17) is 14.6 Å². The zero-order valence-electron chi connectivity index (χ0n) is 18.1. The summed E-state index contributed by atoms with van der Waals surface area (Å²) >= 11 is 0. The number of rotatable bonds is 6. The van der Waals surface area contributed by atoms with Crippen molar-refractivity contribution in [3.63, 3.8) is 0 Å². The average molecular weight is 457 g/mol. The molecule has 0 unspecified atom stereocenters. The number of aromatic nitrogens is 1. The molecule has 2 aromatic carbocycles. The standard InChI is InChI=1S/C22H24N4O5S/c1-22(2,3)31-21(27)26-18-10-7-16(11-15(18)12-23)25-20-24-13-19(30-20)14-5-8-17(9-6-14)32(4,28)29/h5-13,23H,1-4H3,(H,24,25)(H,26,27). The van der Waals surface area contributed by atoms with Crippen LogP contribution in [-0.4, -0.2) is 37.6 Å². The van der Waals surface area contributed by atoms with Crippen LogP contribution in [0.3, 0.4) is 0 Å². The summed E-state index contributed by atoms with van der Waals surface area (Å²) < 4.78 is 34.1. The van der Waals surface area contributed by atoms with Crippen molar-refractivity contribution in [2.75, 3.05) is 16.9 Å². The molecular weight excluding hydrogens is 432 g/mol. The predicted octanol–water partition coefficient (Wildman–Crippen LogP) is 4.83. The number of anilines is 3. The highest BCUT2D eigenvalue weighted by molar-refractivity contribution is 7.90. The first-order valence-electron chi connectivity index (χ1n) is 9.62. The van der Waals surface area contributed by atoms with E-state index in [0.29, 0.717) is 28.3 Å². The van der Waals surface area contributed by atoms with E-state index < -0.39 is 21.5 Å². The van der Waals surface area contributed by atoms with Crippen molar-refractivity contribution in [2.45, 2.75) is 31.3 Å². The Kier molecular flexibility index (Phi) is 6.35. The molecule has 168 valence electrons. The van der Waals surface area contributed by atoms with Gasteiger partial charge in [0.15, 0.2) is 15.6 Å². The number of nitrogens with one attached hydrogen (secondary N) is 3. The summed E-state index contributed by atoms with van der Waals surface area (Å²) in [6, 6.07) is 11.5. The van der Waals surface area contributed by atoms with Crippen LogP contribution in [0, 0.1) is 5.41 Å². The van der Waals surface area contributed by atoms with Crippen molar-refractivity contribution < 1.29 is 22.4 Å². The topological polar surface area (TPSA) is 134 Å². The Balaban J connectivity index is 1.73. The Morgan fingerprint density at radius 2 is 1.84 bits per heavy atom. The summed E-state index contributed by atoms with van der Waals surface area (Å²) in [5.74, 6) is 0.461. The van der Waals surface area contributed by atoms with E-state index in [9.17, 15) is 13.2 Å². The molecule has 32 heavy (non-hydrogen) atoms. The van der Waals surface area contributed by atoms with Gasteiger partial charge in [0, 0.05) is 29.3 Å². The van der Waals surface area contributed by atoms with Gasteiger partial charge >= 0.3 is 6.09 Å². The molecular formula is C22H24N4O5S. The molecule has 9 nitrogen and oxygen atoms in total. The molecule has 3 rings (SSSR count). The Morgan fingerprint density at radius 1 is 1.16 bits per heavy atom. The van der Waals surface area contributed by atoms with Crippen molar-refractivity contribution in [1.82, 2.24) is 4.98 Å². The van der Waals surface area contributed by atoms with Gasteiger partial charge in [-0.25, -0.2) is 18.2 Å². The van der Waals surface area contributed by atoms with E-state index in [-0.39, 0.29) is 10.9 Å². The fraction of sp³-hybridized carbons (Fsp3) is 0.227. The average Bonchev–Trinajstić information content (AvgIpc) is 3.15. The van der Waals surface area contributed by atoms with Gasteiger partial charge < -0.3 is 19.9 Å². The van der Waals surface area contributed by atoms with Crippen LogP contribution in [0.15, 0.2) is 58.0 Å². The first kappa shape index (κ1) is 23.0. The molecule has 1 amide bonds. The fourth-order valence-electron chi connectivity index (χ4n) is 2.74. The molecule has 3 N–H and O–H groups in total. The van der Waals surface area contributed by atoms with Gasteiger partial charge in [0.05, 0.1) is 16.8 Å². The minimum absolute atomic E-state index is 0.218. The highest BCUT2D eigenvalue weighted by atomic mass is 32.2. The van der Waals surface area contributed by atoms with Crippen LogP contribution >= 0.6 is 0 Å². The van der Waals surface area contributed by atoms with Crippen molar-refractivity contribution in [3.05, 3.63) is 54.2 Å². The van der Waals surface area contributed by atoms with Crippen molar-refractivity contribution in [2.24, 2.45) is 0 Å². The molecule has 0 aliphatic rings. The molecule has 0 spiro atoms. The number of hydrogen-bond acceptors (Lipinski definition) is 8. The molecule has 1 heterocycles. The van der Waals surface area contributed by atoms with Crippen LogP contribution in [0.2, 0.25) is 0 Å². The third-order valence-corrected chi connectivity index (χ3v) is 5.30. The molecule has 0 aliphatic heterocycles. The molecule has 1 aromatic heterocycles. The highest BCUT2D eigenvalue weighted by Crippen LogP contribution is 2.27. The second-order valence-corrected chi connectivity index (χ2v) is 10.0. The monoisotopic (exact) mass is 456 g/mol. The van der Waals surface area contributed by atoms with Gasteiger partial charge in [-0.05, 0) is 63.2 Å². The van der Waals surface area contributed by atoms with Gasteiger partial charge in [-0.2, -0.15) is 0 Å². The summed E-state index contributed by atoms with van der Waals surface area (Å²) in [5, 5.41) is 13.3. The van der Waals surface area contributed by atoms with E-state index in [2.05, 4.69) is 15.6 Å². The second kappa shape index (κ2) is 8.83. The molecule has 0 fully saturated rings. The fourth-order valence-corrected chi connectivity index (χ4v) is 3.37. The number of sulfone groups is 1. The Bertz CT molecular complexity index is 1240. The lowest BCUT2D eigenvalue weighted by atomic mass is 10.1. The first-order chi connectivity index (χ1) is 14.9. The number of carbonyl (C=O) groups excluding carboxylic acids is 1. The van der Waals surface area contributed by atoms with Crippen molar-refractivity contribution >= 4 is 39.5 Å². The quantitative estimate of drug-likeness (QED) is 0.452. The largest absolute Gasteiger partial charge is 0.444 e. The predicted molar refractivity (Wildman–Crippen MR) is 123 cm³/mol. The van der Waals surface area contributed by atoms with Gasteiger partial charge in [-0.15, -0.1) is 0 Å². The van der Waals surface area contributed by atoms with E-state index in [1.165, 1.54) is 18.3 Å². The lowest BCUT2D eigenvalue weighted by Gasteiger charge is -2.20. The third-order valence-electron chi connectivity index (χ3n) is 4.17. The molecule has 10 heteroatoms. The van der Waals surface area contributed by atoms with Gasteiger partial charge in [-0.1, -0.05) is 0 Å². The van der Waals surface area contributed by atoms with Gasteiger partial charge in [0.2, 0.25) is 0 Å². The van der Waals surface area contributed by atoms with E-state index >= 15 is 0 Å². The van der Waals surface area contributed by atoms with Crippen LogP contribution in [0.1, 0.15) is 26.3 Å². The summed E-state index contributed by atoms with van der Waals surface area (Å²) in [6.45, 7) is 5.30. The van der Waals surface area contributed by atoms with Crippen LogP contribution in [0.4, 0.5) is 22.2 Å². The molecule has 0 aliphatic carbocycles. The lowest BCUT2D eigenvalue weighted by Crippen LogP contribution is -2.27. The third kappa shape index (κ3) is 5.94. The molecule has 0 radical (unpaired) electrons. The van der Waals surface area contributed by atoms with Crippen LogP contribution in [-0.2, 0) is 14.6 Å². The normalized spacial score (nSPS) is 11.6. The van der Waals surface area contributed by atoms with E-state index in [0.717, 1.165) is 12.5 Å². The zero-order valence-corrected chi connectivity index (χ0v) is 18.9. The second-order valence-electron chi connectivity index (χ2n) is 8.02. The molecule has 0 saturated heterocycles. The Hall–Kier alpha value is -3.66. The van der Waals surface area contributed by atoms with Crippen molar-refractivity contribution in [3.8, 4) is 11.3 Å². The zero-order chi connectivity index (χ0) is 23.5. The van der Waals surface area contributed by atoms with E-state index in [1.807, 2.05) is 0 Å². The van der Waals surface area contributed by atoms with Gasteiger partial charge in [0.1, 0.15) is 5.60 Å². The summed E-state index contributed by atoms with van der Waals surface area (Å²) in [5.41, 5.74) is 1.53. The van der Waals surface area contributed by atoms with Crippen LogP contribution in [0.5, 0.6) is 0 Å². The number of amides is 1. The number of hydrogen-bond donors (Lipinski definition) is 3. The minimum atomic E-state index is -3.28. The number of benzene rings is 2. The van der Waals surface area contributed by atoms with E-state index in [1.54, 1.807) is 51.1 Å². The maximum Gasteiger partial charge on any atom is 0.412 e. The van der Waals surface area contributed by atoms with Crippen molar-refractivity contribution in [1.29, 1.82) is 5.41 Å². The van der Waals surface area contributed by atoms with Gasteiger partial charge in [0.25, 0.3) is 6.01 Å². The van der Waals surface area contributed by atoms with Crippen LogP contribution < -0.4 is 10.6 Å². The molecule has 0 bridgehead atoms. The van der Waals surface area contributed by atoms with Crippen LogP contribution in [0.25, 0.3) is 11.3 Å². The number of ether oxygens (including phenoxy) is 1. The smallest absolute Gasteiger partial charge is 0.412 e. The molecule has 0 atom stereocenters. The summed E-state index contributed by atoms with van der Waals surface area (Å²) in [6.07, 6.45) is 3.17. The molecule has 3 aromatic rings. The SMILES string of the molecule is CC(C)(C)OC(=O)Nc1ccc(Nc2ncc(-c3ccc(S(C)(=O)=O)cc3)o2)cc1C=N. The Labute approximate surface area is 186 Å². The number of carbonyl (C=O) groups is 1. The number of nitrogens with zero attached hydrogens (tertiary/aromatic N) is 1. The first-order valence-corrected chi connectivity index (χ1v) is 11.5.